The first kappa shape index (κ1) is 26.4. The summed E-state index contributed by atoms with van der Waals surface area (Å²) in [5, 5.41) is 14.2. The number of hydrogen-bond donors (Lipinski definition) is 2. The minimum absolute atomic E-state index is 0.104. The molecule has 1 aromatic heterocycles. The van der Waals surface area contributed by atoms with Gasteiger partial charge in [-0.3, -0.25) is 10.1 Å². The monoisotopic (exact) mass is 561 g/mol. The van der Waals surface area contributed by atoms with Crippen molar-refractivity contribution in [1.82, 2.24) is 19.8 Å². The van der Waals surface area contributed by atoms with Crippen molar-refractivity contribution >= 4 is 67.6 Å². The highest BCUT2D eigenvalue weighted by atomic mass is 32.2. The molecule has 1 saturated heterocycles. The highest BCUT2D eigenvalue weighted by Gasteiger charge is 2.25. The van der Waals surface area contributed by atoms with Gasteiger partial charge in [-0.05, 0) is 41.6 Å². The van der Waals surface area contributed by atoms with Gasteiger partial charge < -0.3 is 10.1 Å². The lowest BCUT2D eigenvalue weighted by Crippen LogP contribution is -2.40. The number of carbonyl (C=O) groups excluding carboxylic acids is 1. The van der Waals surface area contributed by atoms with Crippen LogP contribution in [0.1, 0.15) is 11.1 Å². The third kappa shape index (κ3) is 7.41. The number of thioether (sulfide) groups is 1. The molecule has 36 heavy (non-hydrogen) atoms. The highest BCUT2D eigenvalue weighted by molar-refractivity contribution is 8.00. The van der Waals surface area contributed by atoms with E-state index in [1.807, 2.05) is 30.3 Å². The first-order valence-electron chi connectivity index (χ1n) is 10.9. The van der Waals surface area contributed by atoms with E-state index in [1.165, 1.54) is 39.4 Å². The van der Waals surface area contributed by atoms with Crippen LogP contribution in [0.5, 0.6) is 0 Å². The zero-order valence-corrected chi connectivity index (χ0v) is 22.3. The van der Waals surface area contributed by atoms with Crippen LogP contribution in [0.3, 0.4) is 0 Å². The molecule has 3 aromatic rings. The number of hydrogen-bond acceptors (Lipinski definition) is 9. The molecule has 0 atom stereocenters. The van der Waals surface area contributed by atoms with Crippen LogP contribution in [0.4, 0.5) is 5.13 Å². The number of morpholine rings is 1. The second kappa shape index (κ2) is 12.5. The number of aromatic nitrogens is 2. The van der Waals surface area contributed by atoms with Gasteiger partial charge in [0.1, 0.15) is 0 Å². The molecule has 2 aromatic carbocycles. The van der Waals surface area contributed by atoms with Gasteiger partial charge in [-0.1, -0.05) is 65.6 Å². The Morgan fingerprint density at radius 3 is 2.56 bits per heavy atom. The molecule has 1 aliphatic rings. The smallest absolute Gasteiger partial charge is 0.250 e. The van der Waals surface area contributed by atoms with E-state index < -0.39 is 15.9 Å². The fraction of sp³-hybridized carbons (Fsp3) is 0.217. The van der Waals surface area contributed by atoms with Gasteiger partial charge in [0, 0.05) is 24.9 Å². The number of thiocarbonyl (C=S) groups is 1. The van der Waals surface area contributed by atoms with Crippen LogP contribution >= 0.6 is 35.3 Å². The van der Waals surface area contributed by atoms with Crippen molar-refractivity contribution in [3.05, 3.63) is 71.8 Å². The molecule has 0 radical (unpaired) electrons. The number of benzene rings is 2. The Hall–Kier alpha value is -2.68. The van der Waals surface area contributed by atoms with Gasteiger partial charge in [0.15, 0.2) is 9.45 Å². The first-order chi connectivity index (χ1) is 17.4. The fourth-order valence-corrected chi connectivity index (χ4v) is 6.56. The summed E-state index contributed by atoms with van der Waals surface area (Å²) >= 11 is 8.10. The van der Waals surface area contributed by atoms with Crippen LogP contribution in [0, 0.1) is 0 Å². The Balaban J connectivity index is 1.25. The lowest BCUT2D eigenvalue weighted by molar-refractivity contribution is -0.115. The first-order valence-corrected chi connectivity index (χ1v) is 14.5. The van der Waals surface area contributed by atoms with Crippen LogP contribution < -0.4 is 10.6 Å². The number of carbonyl (C=O) groups is 1. The second-order valence-corrected chi connectivity index (χ2v) is 12.1. The van der Waals surface area contributed by atoms with Crippen molar-refractivity contribution < 1.29 is 17.9 Å². The number of rotatable bonds is 8. The Morgan fingerprint density at radius 1 is 1.11 bits per heavy atom. The summed E-state index contributed by atoms with van der Waals surface area (Å²) in [6.07, 6.45) is 2.90. The predicted octanol–water partition coefficient (Wildman–Crippen LogP) is 3.38. The standard InChI is InChI=1S/C23H23N5O4S4/c29-20(11-8-17-6-9-19(10-7-17)36(30,31)28-12-14-32-15-13-28)24-21(33)25-22-26-27-23(35-22)34-16-18-4-2-1-3-5-18/h1-11H,12-16H2,(H2,24,25,26,29,33). The molecule has 0 unspecified atom stereocenters. The van der Waals surface area contributed by atoms with Crippen molar-refractivity contribution in [3.8, 4) is 0 Å². The van der Waals surface area contributed by atoms with Crippen LogP contribution in [-0.4, -0.2) is 60.2 Å². The summed E-state index contributed by atoms with van der Waals surface area (Å²) in [6.45, 7) is 1.45. The quantitative estimate of drug-likeness (QED) is 0.243. The van der Waals surface area contributed by atoms with E-state index in [0.717, 1.165) is 10.1 Å². The summed E-state index contributed by atoms with van der Waals surface area (Å²) in [6, 6.07) is 16.4. The molecular formula is C23H23N5O4S4. The molecule has 0 aliphatic carbocycles. The SMILES string of the molecule is O=C(C=Cc1ccc(S(=O)(=O)N2CCOCC2)cc1)NC(=S)Nc1nnc(SCc2ccccc2)s1. The molecule has 13 heteroatoms. The van der Waals surface area contributed by atoms with Crippen LogP contribution in [0.15, 0.2) is 69.9 Å². The normalized spacial score (nSPS) is 14.6. The van der Waals surface area contributed by atoms with Crippen molar-refractivity contribution in [2.45, 2.75) is 15.0 Å². The van der Waals surface area contributed by atoms with Crippen molar-refractivity contribution in [1.29, 1.82) is 0 Å². The van der Waals surface area contributed by atoms with E-state index in [9.17, 15) is 13.2 Å². The van der Waals surface area contributed by atoms with Crippen LogP contribution in [0.25, 0.3) is 6.08 Å². The summed E-state index contributed by atoms with van der Waals surface area (Å²) in [7, 11) is -3.56. The van der Waals surface area contributed by atoms with E-state index in [4.69, 9.17) is 17.0 Å². The molecular weight excluding hydrogens is 539 g/mol. The molecule has 1 aliphatic heterocycles. The fourth-order valence-electron chi connectivity index (χ4n) is 3.18. The number of nitrogens with zero attached hydrogens (tertiary/aromatic N) is 3. The summed E-state index contributed by atoms with van der Waals surface area (Å²) < 4.78 is 32.8. The van der Waals surface area contributed by atoms with Crippen molar-refractivity contribution in [2.24, 2.45) is 0 Å². The van der Waals surface area contributed by atoms with Crippen LogP contribution in [-0.2, 0) is 25.3 Å². The van der Waals surface area contributed by atoms with Gasteiger partial charge in [-0.2, -0.15) is 4.31 Å². The Kier molecular flexibility index (Phi) is 9.18. The Labute approximate surface area is 223 Å². The summed E-state index contributed by atoms with van der Waals surface area (Å²) in [4.78, 5) is 12.4. The van der Waals surface area contributed by atoms with Gasteiger partial charge in [0.05, 0.1) is 18.1 Å². The number of sulfonamides is 1. The number of anilines is 1. The van der Waals surface area contributed by atoms with Crippen LogP contribution in [0.2, 0.25) is 0 Å². The third-order valence-corrected chi connectivity index (χ3v) is 9.14. The average molecular weight is 562 g/mol. The maximum atomic E-state index is 12.7. The maximum Gasteiger partial charge on any atom is 0.250 e. The minimum atomic E-state index is -3.56. The Morgan fingerprint density at radius 2 is 1.83 bits per heavy atom. The average Bonchev–Trinajstić information content (AvgIpc) is 3.34. The van der Waals surface area contributed by atoms with Gasteiger partial charge in [0.2, 0.25) is 21.1 Å². The third-order valence-electron chi connectivity index (χ3n) is 4.98. The van der Waals surface area contributed by atoms with E-state index in [-0.39, 0.29) is 10.0 Å². The maximum absolute atomic E-state index is 12.7. The molecule has 0 bridgehead atoms. The van der Waals surface area contributed by atoms with E-state index in [1.54, 1.807) is 30.0 Å². The summed E-state index contributed by atoms with van der Waals surface area (Å²) in [5.74, 6) is 0.349. The lowest BCUT2D eigenvalue weighted by atomic mass is 10.2. The molecule has 1 fully saturated rings. The van der Waals surface area contributed by atoms with Gasteiger partial charge in [-0.15, -0.1) is 10.2 Å². The summed E-state index contributed by atoms with van der Waals surface area (Å²) in [5.41, 5.74) is 1.87. The molecule has 2 heterocycles. The van der Waals surface area contributed by atoms with E-state index >= 15 is 0 Å². The molecule has 2 N–H and O–H groups in total. The van der Waals surface area contributed by atoms with Gasteiger partial charge in [0.25, 0.3) is 0 Å². The zero-order valence-electron chi connectivity index (χ0n) is 19.0. The minimum Gasteiger partial charge on any atom is -0.379 e. The molecule has 9 nitrogen and oxygen atoms in total. The zero-order chi connectivity index (χ0) is 25.4. The second-order valence-electron chi connectivity index (χ2n) is 7.51. The molecule has 188 valence electrons. The lowest BCUT2D eigenvalue weighted by Gasteiger charge is -2.26. The highest BCUT2D eigenvalue weighted by Crippen LogP contribution is 2.28. The number of ether oxygens (including phenoxy) is 1. The molecule has 4 rings (SSSR count). The molecule has 0 saturated carbocycles. The number of nitrogens with one attached hydrogen (secondary N) is 2. The van der Waals surface area contributed by atoms with Gasteiger partial charge in [-0.25, -0.2) is 8.42 Å². The number of amides is 1. The largest absolute Gasteiger partial charge is 0.379 e. The molecule has 1 amide bonds. The topological polar surface area (TPSA) is 114 Å². The van der Waals surface area contributed by atoms with Crippen molar-refractivity contribution in [3.63, 3.8) is 0 Å². The van der Waals surface area contributed by atoms with E-state index in [2.05, 4.69) is 20.8 Å². The van der Waals surface area contributed by atoms with Crippen molar-refractivity contribution in [2.75, 3.05) is 31.6 Å². The predicted molar refractivity (Wildman–Crippen MR) is 145 cm³/mol. The van der Waals surface area contributed by atoms with E-state index in [0.29, 0.717) is 37.0 Å². The molecule has 0 spiro atoms. The Bertz CT molecular complexity index is 1320. The van der Waals surface area contributed by atoms with Gasteiger partial charge >= 0.3 is 0 Å².